The van der Waals surface area contributed by atoms with Gasteiger partial charge in [-0.15, -0.1) is 5.10 Å². The van der Waals surface area contributed by atoms with Crippen molar-refractivity contribution in [2.24, 2.45) is 0 Å². The molecule has 0 saturated carbocycles. The Labute approximate surface area is 120 Å². The van der Waals surface area contributed by atoms with E-state index in [2.05, 4.69) is 15.3 Å². The number of thiazole rings is 1. The van der Waals surface area contributed by atoms with E-state index in [1.165, 1.54) is 0 Å². The van der Waals surface area contributed by atoms with E-state index in [0.29, 0.717) is 11.1 Å². The zero-order valence-corrected chi connectivity index (χ0v) is 11.3. The fourth-order valence-electron chi connectivity index (χ4n) is 2.24. The van der Waals surface area contributed by atoms with Crippen LogP contribution in [0.5, 0.6) is 0 Å². The average molecular weight is 318 g/mol. The molecule has 0 amide bonds. The quantitative estimate of drug-likeness (QED) is 0.919. The predicted octanol–water partition coefficient (Wildman–Crippen LogP) is 2.32. The minimum absolute atomic E-state index is 0.00854. The summed E-state index contributed by atoms with van der Waals surface area (Å²) in [5.41, 5.74) is -1.75. The first kappa shape index (κ1) is 14.0. The highest BCUT2D eigenvalue weighted by Crippen LogP contribution is 2.35. The van der Waals surface area contributed by atoms with Crippen molar-refractivity contribution < 1.29 is 23.1 Å². The lowest BCUT2D eigenvalue weighted by molar-refractivity contribution is -0.143. The van der Waals surface area contributed by atoms with Crippen LogP contribution in [0.3, 0.4) is 0 Å². The van der Waals surface area contributed by atoms with Crippen LogP contribution in [-0.4, -0.2) is 31.1 Å². The van der Waals surface area contributed by atoms with Crippen molar-refractivity contribution in [1.29, 1.82) is 0 Å². The van der Waals surface area contributed by atoms with Crippen molar-refractivity contribution >= 4 is 17.3 Å². The van der Waals surface area contributed by atoms with Gasteiger partial charge in [-0.3, -0.25) is 0 Å². The predicted molar refractivity (Wildman–Crippen MR) is 65.6 cm³/mol. The van der Waals surface area contributed by atoms with Gasteiger partial charge in [0.25, 0.3) is 0 Å². The smallest absolute Gasteiger partial charge is 0.436 e. The summed E-state index contributed by atoms with van der Waals surface area (Å²) in [5, 5.41) is 15.3. The van der Waals surface area contributed by atoms with E-state index in [-0.39, 0.29) is 5.13 Å². The molecule has 0 bridgehead atoms. The maximum atomic E-state index is 13.1. The van der Waals surface area contributed by atoms with Gasteiger partial charge in [-0.2, -0.15) is 17.9 Å². The molecule has 21 heavy (non-hydrogen) atoms. The van der Waals surface area contributed by atoms with Gasteiger partial charge in [-0.05, 0) is 25.7 Å². The lowest BCUT2D eigenvalue weighted by atomic mass is 10.0. The molecule has 6 nitrogen and oxygen atoms in total. The van der Waals surface area contributed by atoms with Crippen LogP contribution in [0.4, 0.5) is 13.2 Å². The largest absolute Gasteiger partial charge is 0.476 e. The highest BCUT2D eigenvalue weighted by Gasteiger charge is 2.42. The standard InChI is InChI=1S/C11H9F3N4O2S/c12-11(13,14)8-7(9(19)20)16-17-18(8)10-15-5-3-1-2-4-6(5)21-10/h1-4H2,(H,19,20). The molecular weight excluding hydrogens is 309 g/mol. The number of aromatic carboxylic acids is 1. The minimum Gasteiger partial charge on any atom is -0.476 e. The topological polar surface area (TPSA) is 80.9 Å². The van der Waals surface area contributed by atoms with Gasteiger partial charge in [0.1, 0.15) is 0 Å². The highest BCUT2D eigenvalue weighted by molar-refractivity contribution is 7.14. The van der Waals surface area contributed by atoms with E-state index in [1.54, 1.807) is 0 Å². The van der Waals surface area contributed by atoms with E-state index in [9.17, 15) is 18.0 Å². The zero-order chi connectivity index (χ0) is 15.2. The molecule has 0 aliphatic heterocycles. The van der Waals surface area contributed by atoms with E-state index in [4.69, 9.17) is 5.11 Å². The second kappa shape index (κ2) is 4.79. The Hall–Kier alpha value is -1.97. The molecule has 3 rings (SSSR count). The zero-order valence-electron chi connectivity index (χ0n) is 10.5. The molecule has 0 radical (unpaired) electrons. The number of halogens is 3. The van der Waals surface area contributed by atoms with E-state index in [1.807, 2.05) is 0 Å². The van der Waals surface area contributed by atoms with Crippen molar-refractivity contribution in [2.45, 2.75) is 31.9 Å². The Morgan fingerprint density at radius 3 is 2.62 bits per heavy atom. The summed E-state index contributed by atoms with van der Waals surface area (Å²) in [4.78, 5) is 16.0. The lowest BCUT2D eigenvalue weighted by Crippen LogP contribution is -2.17. The third-order valence-electron chi connectivity index (χ3n) is 3.16. The number of alkyl halides is 3. The van der Waals surface area contributed by atoms with E-state index >= 15 is 0 Å². The van der Waals surface area contributed by atoms with Gasteiger partial charge in [0, 0.05) is 4.88 Å². The molecule has 10 heteroatoms. The van der Waals surface area contributed by atoms with Crippen LogP contribution < -0.4 is 0 Å². The monoisotopic (exact) mass is 318 g/mol. The number of nitrogens with zero attached hydrogens (tertiary/aromatic N) is 4. The van der Waals surface area contributed by atoms with Crippen LogP contribution in [0.1, 0.15) is 39.6 Å². The van der Waals surface area contributed by atoms with Crippen LogP contribution in [-0.2, 0) is 19.0 Å². The van der Waals surface area contributed by atoms with Crippen molar-refractivity contribution in [3.63, 3.8) is 0 Å². The summed E-state index contributed by atoms with van der Waals surface area (Å²) in [7, 11) is 0. The molecule has 0 spiro atoms. The van der Waals surface area contributed by atoms with Gasteiger partial charge < -0.3 is 5.11 Å². The number of aromatic nitrogens is 4. The second-order valence-corrected chi connectivity index (χ2v) is 5.64. The molecule has 1 aliphatic rings. The molecule has 2 heterocycles. The van der Waals surface area contributed by atoms with Gasteiger partial charge in [0.2, 0.25) is 10.8 Å². The van der Waals surface area contributed by atoms with Gasteiger partial charge in [0.15, 0.2) is 5.69 Å². The third-order valence-corrected chi connectivity index (χ3v) is 4.29. The van der Waals surface area contributed by atoms with Crippen LogP contribution in [0, 0.1) is 0 Å². The van der Waals surface area contributed by atoms with Crippen molar-refractivity contribution in [1.82, 2.24) is 20.0 Å². The number of carboxylic acids is 1. The number of hydrogen-bond donors (Lipinski definition) is 1. The summed E-state index contributed by atoms with van der Waals surface area (Å²) >= 11 is 1.10. The molecule has 2 aromatic heterocycles. The van der Waals surface area contributed by atoms with Gasteiger partial charge in [-0.25, -0.2) is 9.78 Å². The summed E-state index contributed by atoms with van der Waals surface area (Å²) in [6.07, 6.45) is -1.47. The molecule has 112 valence electrons. The maximum absolute atomic E-state index is 13.1. The minimum atomic E-state index is -4.87. The average Bonchev–Trinajstić information content (AvgIpc) is 3.01. The normalized spacial score (nSPS) is 15.0. The molecule has 0 atom stereocenters. The molecule has 0 fully saturated rings. The van der Waals surface area contributed by atoms with Gasteiger partial charge in [0.05, 0.1) is 5.69 Å². The fourth-order valence-corrected chi connectivity index (χ4v) is 3.35. The van der Waals surface area contributed by atoms with Crippen molar-refractivity contribution in [3.05, 3.63) is 22.0 Å². The van der Waals surface area contributed by atoms with Gasteiger partial charge in [-0.1, -0.05) is 16.6 Å². The number of hydrogen-bond acceptors (Lipinski definition) is 5. The SMILES string of the molecule is O=C(O)c1nnn(-c2nc3c(s2)CCCC3)c1C(F)(F)F. The van der Waals surface area contributed by atoms with Crippen LogP contribution in [0.2, 0.25) is 0 Å². The molecule has 0 unspecified atom stereocenters. The Morgan fingerprint density at radius 1 is 1.29 bits per heavy atom. The fraction of sp³-hybridized carbons (Fsp3) is 0.455. The summed E-state index contributed by atoms with van der Waals surface area (Å²) in [6, 6.07) is 0. The van der Waals surface area contributed by atoms with Crippen LogP contribution in [0.25, 0.3) is 5.13 Å². The van der Waals surface area contributed by atoms with Crippen molar-refractivity contribution in [2.75, 3.05) is 0 Å². The van der Waals surface area contributed by atoms with Crippen LogP contribution >= 0.6 is 11.3 Å². The van der Waals surface area contributed by atoms with Gasteiger partial charge >= 0.3 is 12.1 Å². The summed E-state index contributed by atoms with van der Waals surface area (Å²) < 4.78 is 39.7. The number of fused-ring (bicyclic) bond motifs is 1. The van der Waals surface area contributed by atoms with Crippen molar-refractivity contribution in [3.8, 4) is 5.13 Å². The molecule has 2 aromatic rings. The highest BCUT2D eigenvalue weighted by atomic mass is 32.1. The first-order valence-corrected chi connectivity index (χ1v) is 6.94. The van der Waals surface area contributed by atoms with E-state index < -0.39 is 23.5 Å². The first-order valence-electron chi connectivity index (χ1n) is 6.13. The summed E-state index contributed by atoms with van der Waals surface area (Å²) in [6.45, 7) is 0. The molecular formula is C11H9F3N4O2S. The first-order chi connectivity index (χ1) is 9.88. The number of aryl methyl sites for hydroxylation is 2. The number of rotatable bonds is 2. The second-order valence-electron chi connectivity index (χ2n) is 4.57. The number of carbonyl (C=O) groups is 1. The maximum Gasteiger partial charge on any atom is 0.436 e. The number of carboxylic acid groups (broad SMARTS) is 1. The Bertz CT molecular complexity index is 683. The lowest BCUT2D eigenvalue weighted by Gasteiger charge is -2.07. The Morgan fingerprint density at radius 2 is 2.00 bits per heavy atom. The summed E-state index contributed by atoms with van der Waals surface area (Å²) in [5.74, 6) is -1.77. The molecule has 1 aliphatic carbocycles. The van der Waals surface area contributed by atoms with Crippen LogP contribution in [0.15, 0.2) is 0 Å². The van der Waals surface area contributed by atoms with E-state index in [0.717, 1.165) is 41.2 Å². The molecule has 0 aromatic carbocycles. The third kappa shape index (κ3) is 2.39. The Kier molecular flexibility index (Phi) is 3.19. The molecule has 0 saturated heterocycles. The Balaban J connectivity index is 2.14. The molecule has 1 N–H and O–H groups in total.